The molecule has 2 amide bonds. The van der Waals surface area contributed by atoms with Crippen LogP contribution in [-0.2, 0) is 9.59 Å². The van der Waals surface area contributed by atoms with Gasteiger partial charge in [0.05, 0.1) is 22.9 Å². The van der Waals surface area contributed by atoms with E-state index in [2.05, 4.69) is 10.6 Å². The molecule has 0 heterocycles. The van der Waals surface area contributed by atoms with Gasteiger partial charge in [-0.1, -0.05) is 23.7 Å². The topological polar surface area (TPSA) is 61.4 Å². The van der Waals surface area contributed by atoms with Gasteiger partial charge in [0.1, 0.15) is 0 Å². The zero-order valence-corrected chi connectivity index (χ0v) is 16.6. The molecule has 0 spiro atoms. The number of rotatable bonds is 7. The van der Waals surface area contributed by atoms with Crippen molar-refractivity contribution < 1.29 is 9.59 Å². The highest BCUT2D eigenvalue weighted by molar-refractivity contribution is 8.00. The lowest BCUT2D eigenvalue weighted by atomic mass is 10.2. The number of carbonyl (C=O) groups excluding carboxylic acids is 2. The Morgan fingerprint density at radius 1 is 1.04 bits per heavy atom. The van der Waals surface area contributed by atoms with E-state index in [-0.39, 0.29) is 23.3 Å². The van der Waals surface area contributed by atoms with Gasteiger partial charge in [-0.25, -0.2) is 0 Å². The molecule has 7 heteroatoms. The van der Waals surface area contributed by atoms with Gasteiger partial charge >= 0.3 is 0 Å². The molecule has 0 aromatic heterocycles. The lowest BCUT2D eigenvalue weighted by Crippen LogP contribution is -2.20. The molecule has 0 saturated heterocycles. The van der Waals surface area contributed by atoms with Crippen LogP contribution in [0.15, 0.2) is 42.5 Å². The van der Waals surface area contributed by atoms with Crippen LogP contribution in [0.5, 0.6) is 0 Å². The molecule has 0 aliphatic heterocycles. The van der Waals surface area contributed by atoms with Gasteiger partial charge in [-0.05, 0) is 42.8 Å². The van der Waals surface area contributed by atoms with Crippen molar-refractivity contribution in [2.24, 2.45) is 0 Å². The number of nitrogens with zero attached hydrogens (tertiary/aromatic N) is 1. The van der Waals surface area contributed by atoms with E-state index in [1.54, 1.807) is 12.1 Å². The number of hydrogen-bond donors (Lipinski definition) is 2. The second kappa shape index (κ2) is 9.50. The summed E-state index contributed by atoms with van der Waals surface area (Å²) in [5.41, 5.74) is 3.35. The number of aryl methyl sites for hydroxylation is 1. The van der Waals surface area contributed by atoms with E-state index in [0.717, 1.165) is 16.9 Å². The van der Waals surface area contributed by atoms with Crippen LogP contribution in [0, 0.1) is 6.92 Å². The third-order valence-corrected chi connectivity index (χ3v) is 4.65. The number of anilines is 3. The van der Waals surface area contributed by atoms with Crippen molar-refractivity contribution in [1.82, 2.24) is 0 Å². The number of amides is 2. The summed E-state index contributed by atoms with van der Waals surface area (Å²) in [7, 11) is 3.78. The second-order valence-corrected chi connectivity index (χ2v) is 7.44. The van der Waals surface area contributed by atoms with E-state index in [0.29, 0.717) is 10.7 Å². The lowest BCUT2D eigenvalue weighted by molar-refractivity contribution is -0.114. The predicted molar refractivity (Wildman–Crippen MR) is 112 cm³/mol. The molecule has 26 heavy (non-hydrogen) atoms. The Labute approximate surface area is 163 Å². The molecule has 5 nitrogen and oxygen atoms in total. The Balaban J connectivity index is 1.82. The molecule has 0 atom stereocenters. The average Bonchev–Trinajstić information content (AvgIpc) is 2.54. The van der Waals surface area contributed by atoms with Gasteiger partial charge in [-0.3, -0.25) is 9.59 Å². The summed E-state index contributed by atoms with van der Waals surface area (Å²) in [6, 6.07) is 12.9. The summed E-state index contributed by atoms with van der Waals surface area (Å²) in [5, 5.41) is 6.22. The van der Waals surface area contributed by atoms with E-state index < -0.39 is 0 Å². The highest BCUT2D eigenvalue weighted by atomic mass is 35.5. The summed E-state index contributed by atoms with van der Waals surface area (Å²) >= 11 is 7.27. The van der Waals surface area contributed by atoms with Gasteiger partial charge in [-0.15, -0.1) is 11.8 Å². The molecule has 0 unspecified atom stereocenters. The number of nitrogens with one attached hydrogen (secondary N) is 2. The minimum absolute atomic E-state index is 0.134. The van der Waals surface area contributed by atoms with Crippen LogP contribution in [-0.4, -0.2) is 37.4 Å². The van der Waals surface area contributed by atoms with E-state index in [1.807, 2.05) is 56.3 Å². The quantitative estimate of drug-likeness (QED) is 0.748. The van der Waals surface area contributed by atoms with Crippen molar-refractivity contribution in [2.45, 2.75) is 6.92 Å². The molecule has 0 saturated carbocycles. The Morgan fingerprint density at radius 2 is 1.73 bits per heavy atom. The summed E-state index contributed by atoms with van der Waals surface area (Å²) in [5.74, 6) is 0.0757. The first-order valence-corrected chi connectivity index (χ1v) is 9.59. The molecule has 0 fully saturated rings. The second-order valence-electron chi connectivity index (χ2n) is 6.01. The van der Waals surface area contributed by atoms with Crippen molar-refractivity contribution in [3.05, 3.63) is 53.1 Å². The fraction of sp³-hybridized carbons (Fsp3) is 0.263. The van der Waals surface area contributed by atoms with Crippen molar-refractivity contribution in [2.75, 3.05) is 41.1 Å². The zero-order valence-electron chi connectivity index (χ0n) is 15.0. The van der Waals surface area contributed by atoms with E-state index in [4.69, 9.17) is 11.6 Å². The van der Waals surface area contributed by atoms with Gasteiger partial charge in [0.2, 0.25) is 11.8 Å². The average molecular weight is 392 g/mol. The number of benzene rings is 2. The highest BCUT2D eigenvalue weighted by Crippen LogP contribution is 2.27. The Hall–Kier alpha value is -2.18. The van der Waals surface area contributed by atoms with Gasteiger partial charge < -0.3 is 15.5 Å². The summed E-state index contributed by atoms with van der Waals surface area (Å²) in [4.78, 5) is 26.0. The Bertz CT molecular complexity index is 796. The predicted octanol–water partition coefficient (Wildman–Crippen LogP) is 4.02. The van der Waals surface area contributed by atoms with Crippen molar-refractivity contribution in [1.29, 1.82) is 0 Å². The molecule has 2 rings (SSSR count). The standard InChI is InChI=1S/C19H22ClN3O2S/c1-13-5-4-6-15(9-13)21-18(24)11-26-12-19(25)22-16-10-14(20)7-8-17(16)23(2)3/h4-10H,11-12H2,1-3H3,(H,21,24)(H,22,25). The Morgan fingerprint density at radius 3 is 2.38 bits per heavy atom. The van der Waals surface area contributed by atoms with Crippen molar-refractivity contribution >= 4 is 52.2 Å². The largest absolute Gasteiger partial charge is 0.376 e. The summed E-state index contributed by atoms with van der Waals surface area (Å²) < 4.78 is 0. The molecule has 2 aromatic carbocycles. The maximum atomic E-state index is 12.2. The molecule has 0 aliphatic carbocycles. The number of halogens is 1. The zero-order chi connectivity index (χ0) is 19.1. The first-order valence-electron chi connectivity index (χ1n) is 8.06. The van der Waals surface area contributed by atoms with Gasteiger partial charge in [0.25, 0.3) is 0 Å². The monoisotopic (exact) mass is 391 g/mol. The first-order chi connectivity index (χ1) is 12.3. The van der Waals surface area contributed by atoms with E-state index in [9.17, 15) is 9.59 Å². The third-order valence-electron chi connectivity index (χ3n) is 3.48. The number of thioether (sulfide) groups is 1. The molecular formula is C19H22ClN3O2S. The minimum Gasteiger partial charge on any atom is -0.376 e. The van der Waals surface area contributed by atoms with E-state index in [1.165, 1.54) is 11.8 Å². The normalized spacial score (nSPS) is 10.3. The summed E-state index contributed by atoms with van der Waals surface area (Å²) in [6.07, 6.45) is 0. The number of hydrogen-bond acceptors (Lipinski definition) is 4. The maximum Gasteiger partial charge on any atom is 0.234 e. The molecule has 138 valence electrons. The molecule has 2 aromatic rings. The summed E-state index contributed by atoms with van der Waals surface area (Å²) in [6.45, 7) is 1.96. The minimum atomic E-state index is -0.177. The fourth-order valence-corrected chi connectivity index (χ4v) is 3.13. The van der Waals surface area contributed by atoms with Crippen LogP contribution in [0.25, 0.3) is 0 Å². The van der Waals surface area contributed by atoms with Crippen molar-refractivity contribution in [3.8, 4) is 0 Å². The van der Waals surface area contributed by atoms with Crippen LogP contribution in [0.3, 0.4) is 0 Å². The number of carbonyl (C=O) groups is 2. The van der Waals surface area contributed by atoms with Crippen LogP contribution in [0.4, 0.5) is 17.1 Å². The van der Waals surface area contributed by atoms with Crippen LogP contribution < -0.4 is 15.5 Å². The highest BCUT2D eigenvalue weighted by Gasteiger charge is 2.11. The third kappa shape index (κ3) is 6.28. The first kappa shape index (κ1) is 20.1. The van der Waals surface area contributed by atoms with Crippen LogP contribution >= 0.6 is 23.4 Å². The van der Waals surface area contributed by atoms with Crippen LogP contribution in [0.2, 0.25) is 5.02 Å². The Kier molecular flexibility index (Phi) is 7.36. The van der Waals surface area contributed by atoms with Gasteiger partial charge in [-0.2, -0.15) is 0 Å². The van der Waals surface area contributed by atoms with Gasteiger partial charge in [0, 0.05) is 24.8 Å². The SMILES string of the molecule is Cc1cccc(NC(=O)CSCC(=O)Nc2cc(Cl)ccc2N(C)C)c1. The van der Waals surface area contributed by atoms with Gasteiger partial charge in [0.15, 0.2) is 0 Å². The molecule has 0 bridgehead atoms. The van der Waals surface area contributed by atoms with Crippen molar-refractivity contribution in [3.63, 3.8) is 0 Å². The maximum absolute atomic E-state index is 12.2. The molecule has 0 aliphatic rings. The van der Waals surface area contributed by atoms with Crippen LogP contribution in [0.1, 0.15) is 5.56 Å². The lowest BCUT2D eigenvalue weighted by Gasteiger charge is -2.18. The van der Waals surface area contributed by atoms with E-state index >= 15 is 0 Å². The fourth-order valence-electron chi connectivity index (χ4n) is 2.34. The molecule has 0 radical (unpaired) electrons. The molecule has 2 N–H and O–H groups in total. The molecular weight excluding hydrogens is 370 g/mol. The smallest absolute Gasteiger partial charge is 0.234 e.